The van der Waals surface area contributed by atoms with Crippen LogP contribution in [0.25, 0.3) is 0 Å². The third-order valence-corrected chi connectivity index (χ3v) is 4.05. The second-order valence-corrected chi connectivity index (χ2v) is 5.43. The Labute approximate surface area is 101 Å². The van der Waals surface area contributed by atoms with Gasteiger partial charge in [0.15, 0.2) is 0 Å². The fraction of sp³-hybridized carbons (Fsp3) is 0.333. The van der Waals surface area contributed by atoms with Gasteiger partial charge in [0.25, 0.3) is 0 Å². The number of nitrogens with zero attached hydrogens (tertiary/aromatic N) is 1. The van der Waals surface area contributed by atoms with Gasteiger partial charge in [-0.3, -0.25) is 0 Å². The molecular weight excluding hydrogens is 241 g/mol. The summed E-state index contributed by atoms with van der Waals surface area (Å²) in [5, 5.41) is 0. The molecule has 0 atom stereocenters. The SMILES string of the molecule is C#CCN(CCC)S(=O)(=O)c1ccc(F)cc1. The Kier molecular flexibility index (Phi) is 4.67. The van der Waals surface area contributed by atoms with E-state index in [4.69, 9.17) is 6.42 Å². The lowest BCUT2D eigenvalue weighted by Crippen LogP contribution is -2.32. The minimum atomic E-state index is -3.62. The number of terminal acetylenes is 1. The molecule has 0 bridgehead atoms. The second-order valence-electron chi connectivity index (χ2n) is 3.50. The summed E-state index contributed by atoms with van der Waals surface area (Å²) in [5.74, 6) is 1.84. The second kappa shape index (κ2) is 5.80. The van der Waals surface area contributed by atoms with Crippen LogP contribution in [0.4, 0.5) is 4.39 Å². The number of rotatable bonds is 5. The van der Waals surface area contributed by atoms with Gasteiger partial charge in [-0.05, 0) is 30.7 Å². The summed E-state index contributed by atoms with van der Waals surface area (Å²) in [7, 11) is -3.62. The zero-order chi connectivity index (χ0) is 12.9. The molecule has 0 N–H and O–H groups in total. The molecule has 1 aromatic carbocycles. The van der Waals surface area contributed by atoms with E-state index < -0.39 is 15.8 Å². The van der Waals surface area contributed by atoms with E-state index in [1.807, 2.05) is 6.92 Å². The number of hydrogen-bond acceptors (Lipinski definition) is 2. The summed E-state index contributed by atoms with van der Waals surface area (Å²) in [5.41, 5.74) is 0. The first kappa shape index (κ1) is 13.7. The number of hydrogen-bond donors (Lipinski definition) is 0. The lowest BCUT2D eigenvalue weighted by molar-refractivity contribution is 0.445. The van der Waals surface area contributed by atoms with Crippen molar-refractivity contribution in [1.82, 2.24) is 4.31 Å². The van der Waals surface area contributed by atoms with Crippen LogP contribution in [0.2, 0.25) is 0 Å². The van der Waals surface area contributed by atoms with E-state index in [0.717, 1.165) is 12.1 Å². The van der Waals surface area contributed by atoms with E-state index >= 15 is 0 Å². The van der Waals surface area contributed by atoms with Crippen LogP contribution in [0.15, 0.2) is 29.2 Å². The van der Waals surface area contributed by atoms with Gasteiger partial charge in [0, 0.05) is 6.54 Å². The summed E-state index contributed by atoms with van der Waals surface area (Å²) in [4.78, 5) is 0.0580. The van der Waals surface area contributed by atoms with Crippen molar-refractivity contribution >= 4 is 10.0 Å². The van der Waals surface area contributed by atoms with E-state index in [2.05, 4.69) is 5.92 Å². The molecule has 0 amide bonds. The third-order valence-electron chi connectivity index (χ3n) is 2.19. The van der Waals surface area contributed by atoms with Crippen LogP contribution in [0.3, 0.4) is 0 Å². The third kappa shape index (κ3) is 3.29. The molecule has 1 rings (SSSR count). The summed E-state index contributed by atoms with van der Waals surface area (Å²) < 4.78 is 38.2. The molecule has 3 nitrogen and oxygen atoms in total. The normalized spacial score (nSPS) is 11.4. The van der Waals surface area contributed by atoms with Crippen LogP contribution in [-0.4, -0.2) is 25.8 Å². The van der Waals surface area contributed by atoms with Gasteiger partial charge in [-0.25, -0.2) is 12.8 Å². The molecule has 0 saturated heterocycles. The quantitative estimate of drug-likeness (QED) is 0.753. The van der Waals surface area contributed by atoms with Gasteiger partial charge in [0.05, 0.1) is 11.4 Å². The zero-order valence-corrected chi connectivity index (χ0v) is 10.4. The van der Waals surface area contributed by atoms with Crippen molar-refractivity contribution in [3.05, 3.63) is 30.1 Å². The van der Waals surface area contributed by atoms with E-state index in [0.29, 0.717) is 13.0 Å². The molecule has 0 unspecified atom stereocenters. The molecule has 0 saturated carbocycles. The number of halogens is 1. The van der Waals surface area contributed by atoms with E-state index in [-0.39, 0.29) is 11.4 Å². The summed E-state index contributed by atoms with van der Waals surface area (Å²) in [6.45, 7) is 2.24. The highest BCUT2D eigenvalue weighted by molar-refractivity contribution is 7.89. The van der Waals surface area contributed by atoms with Crippen LogP contribution >= 0.6 is 0 Å². The highest BCUT2D eigenvalue weighted by atomic mass is 32.2. The summed E-state index contributed by atoms with van der Waals surface area (Å²) in [6.07, 6.45) is 5.81. The molecule has 0 spiro atoms. The molecule has 0 aliphatic heterocycles. The first-order valence-corrected chi connectivity index (χ1v) is 6.65. The number of benzene rings is 1. The average Bonchev–Trinajstić information content (AvgIpc) is 2.29. The molecule has 0 aliphatic rings. The predicted molar refractivity (Wildman–Crippen MR) is 64.3 cm³/mol. The van der Waals surface area contributed by atoms with E-state index in [1.54, 1.807) is 0 Å². The van der Waals surface area contributed by atoms with Gasteiger partial charge < -0.3 is 0 Å². The topological polar surface area (TPSA) is 37.4 Å². The first-order valence-electron chi connectivity index (χ1n) is 5.21. The zero-order valence-electron chi connectivity index (χ0n) is 9.56. The molecule has 5 heteroatoms. The smallest absolute Gasteiger partial charge is 0.207 e. The van der Waals surface area contributed by atoms with Crippen molar-refractivity contribution < 1.29 is 12.8 Å². The van der Waals surface area contributed by atoms with Crippen molar-refractivity contribution in [3.8, 4) is 12.3 Å². The maximum absolute atomic E-state index is 12.7. The highest BCUT2D eigenvalue weighted by Crippen LogP contribution is 2.16. The molecule has 17 heavy (non-hydrogen) atoms. The molecule has 1 aromatic rings. The molecule has 0 radical (unpaired) electrons. The average molecular weight is 255 g/mol. The minimum Gasteiger partial charge on any atom is -0.207 e. The lowest BCUT2D eigenvalue weighted by Gasteiger charge is -2.18. The standard InChI is InChI=1S/C12H14FNO2S/c1-3-9-14(10-4-2)17(15,16)12-7-5-11(13)6-8-12/h1,5-8H,4,9-10H2,2H3. The molecule has 0 aromatic heterocycles. The fourth-order valence-corrected chi connectivity index (χ4v) is 2.84. The van der Waals surface area contributed by atoms with Crippen LogP contribution < -0.4 is 0 Å². The molecule has 92 valence electrons. The van der Waals surface area contributed by atoms with Crippen LogP contribution in [0.1, 0.15) is 13.3 Å². The van der Waals surface area contributed by atoms with Crippen LogP contribution in [-0.2, 0) is 10.0 Å². The Morgan fingerprint density at radius 2 is 1.94 bits per heavy atom. The Morgan fingerprint density at radius 3 is 2.41 bits per heavy atom. The predicted octanol–water partition coefficient (Wildman–Crippen LogP) is 1.86. The Bertz CT molecular complexity index is 502. The van der Waals surface area contributed by atoms with E-state index in [1.165, 1.54) is 16.4 Å². The van der Waals surface area contributed by atoms with Gasteiger partial charge in [-0.1, -0.05) is 12.8 Å². The monoisotopic (exact) mass is 255 g/mol. The molecule has 0 aliphatic carbocycles. The minimum absolute atomic E-state index is 0.0214. The maximum atomic E-state index is 12.7. The fourth-order valence-electron chi connectivity index (χ4n) is 1.39. The first-order chi connectivity index (χ1) is 8.02. The summed E-state index contributed by atoms with van der Waals surface area (Å²) in [6, 6.07) is 4.72. The largest absolute Gasteiger partial charge is 0.243 e. The van der Waals surface area contributed by atoms with Gasteiger partial charge in [0.1, 0.15) is 5.82 Å². The molecular formula is C12H14FNO2S. The molecule has 0 fully saturated rings. The van der Waals surface area contributed by atoms with Gasteiger partial charge in [-0.2, -0.15) is 4.31 Å². The summed E-state index contributed by atoms with van der Waals surface area (Å²) >= 11 is 0. The van der Waals surface area contributed by atoms with Gasteiger partial charge >= 0.3 is 0 Å². The molecule has 0 heterocycles. The Morgan fingerprint density at radius 1 is 1.35 bits per heavy atom. The van der Waals surface area contributed by atoms with Crippen molar-refractivity contribution in [2.45, 2.75) is 18.2 Å². The van der Waals surface area contributed by atoms with Gasteiger partial charge in [-0.15, -0.1) is 6.42 Å². The van der Waals surface area contributed by atoms with Crippen molar-refractivity contribution in [2.24, 2.45) is 0 Å². The lowest BCUT2D eigenvalue weighted by atomic mass is 10.4. The van der Waals surface area contributed by atoms with Crippen molar-refractivity contribution in [3.63, 3.8) is 0 Å². The van der Waals surface area contributed by atoms with Crippen molar-refractivity contribution in [1.29, 1.82) is 0 Å². The Balaban J connectivity index is 3.08. The van der Waals surface area contributed by atoms with Crippen molar-refractivity contribution in [2.75, 3.05) is 13.1 Å². The van der Waals surface area contributed by atoms with E-state index in [9.17, 15) is 12.8 Å². The highest BCUT2D eigenvalue weighted by Gasteiger charge is 2.22. The maximum Gasteiger partial charge on any atom is 0.243 e. The van der Waals surface area contributed by atoms with Gasteiger partial charge in [0.2, 0.25) is 10.0 Å². The van der Waals surface area contributed by atoms with Crippen LogP contribution in [0, 0.1) is 18.2 Å². The van der Waals surface area contributed by atoms with Crippen LogP contribution in [0.5, 0.6) is 0 Å². The Hall–Kier alpha value is -1.38. The number of sulfonamides is 1.